The van der Waals surface area contributed by atoms with Gasteiger partial charge in [0.2, 0.25) is 0 Å². The molecule has 0 aliphatic rings. The summed E-state index contributed by atoms with van der Waals surface area (Å²) in [6, 6.07) is 14.7. The van der Waals surface area contributed by atoms with Crippen LogP contribution >= 0.6 is 0 Å². The first kappa shape index (κ1) is 14.8. The van der Waals surface area contributed by atoms with Crippen molar-refractivity contribution >= 4 is 12.0 Å². The Hall–Kier alpha value is -2.59. The number of aliphatic hydroxyl groups is 1. The van der Waals surface area contributed by atoms with Crippen LogP contribution in [0.1, 0.15) is 16.7 Å². The Kier molecular flexibility index (Phi) is 5.12. The molecule has 0 spiro atoms. The lowest BCUT2D eigenvalue weighted by Crippen LogP contribution is -1.96. The SMILES string of the molecule is O=C(O)C=Cc1ccc(COc2cccc(CO)c2)cc1. The summed E-state index contributed by atoms with van der Waals surface area (Å²) < 4.78 is 5.65. The minimum absolute atomic E-state index is 0.0121. The molecule has 0 heterocycles. The zero-order valence-corrected chi connectivity index (χ0v) is 11.4. The predicted octanol–water partition coefficient (Wildman–Crippen LogP) is 2.86. The van der Waals surface area contributed by atoms with E-state index in [4.69, 9.17) is 14.9 Å². The maximum atomic E-state index is 10.4. The smallest absolute Gasteiger partial charge is 0.328 e. The minimum Gasteiger partial charge on any atom is -0.489 e. The average molecular weight is 284 g/mol. The van der Waals surface area contributed by atoms with Crippen molar-refractivity contribution in [1.82, 2.24) is 0 Å². The Balaban J connectivity index is 1.95. The van der Waals surface area contributed by atoms with E-state index < -0.39 is 5.97 Å². The Morgan fingerprint density at radius 3 is 2.52 bits per heavy atom. The number of aliphatic carboxylic acids is 1. The quantitative estimate of drug-likeness (QED) is 0.800. The molecule has 0 fully saturated rings. The topological polar surface area (TPSA) is 66.8 Å². The van der Waals surface area contributed by atoms with Crippen LogP contribution in [0, 0.1) is 0 Å². The molecule has 0 saturated heterocycles. The molecule has 0 aromatic heterocycles. The lowest BCUT2D eigenvalue weighted by molar-refractivity contribution is -0.131. The second kappa shape index (κ2) is 7.26. The van der Waals surface area contributed by atoms with Crippen molar-refractivity contribution in [2.24, 2.45) is 0 Å². The summed E-state index contributed by atoms with van der Waals surface area (Å²) in [5, 5.41) is 17.6. The van der Waals surface area contributed by atoms with Gasteiger partial charge in [-0.05, 0) is 34.9 Å². The van der Waals surface area contributed by atoms with Crippen molar-refractivity contribution in [3.05, 3.63) is 71.3 Å². The van der Waals surface area contributed by atoms with Gasteiger partial charge in [0.15, 0.2) is 0 Å². The monoisotopic (exact) mass is 284 g/mol. The molecule has 2 rings (SSSR count). The van der Waals surface area contributed by atoms with Crippen LogP contribution in [0.25, 0.3) is 6.08 Å². The molecular formula is C17H16O4. The molecule has 0 amide bonds. The van der Waals surface area contributed by atoms with E-state index in [-0.39, 0.29) is 6.61 Å². The van der Waals surface area contributed by atoms with E-state index in [1.165, 1.54) is 6.08 Å². The molecule has 2 aromatic rings. The molecule has 108 valence electrons. The van der Waals surface area contributed by atoms with Gasteiger partial charge in [0.1, 0.15) is 12.4 Å². The normalized spacial score (nSPS) is 10.7. The molecule has 0 radical (unpaired) electrons. The first-order chi connectivity index (χ1) is 10.2. The third-order valence-corrected chi connectivity index (χ3v) is 2.88. The average Bonchev–Trinajstić information content (AvgIpc) is 2.52. The van der Waals surface area contributed by atoms with Crippen molar-refractivity contribution in [1.29, 1.82) is 0 Å². The Morgan fingerprint density at radius 1 is 1.10 bits per heavy atom. The van der Waals surface area contributed by atoms with Crippen molar-refractivity contribution < 1.29 is 19.7 Å². The van der Waals surface area contributed by atoms with Crippen LogP contribution in [0.2, 0.25) is 0 Å². The maximum Gasteiger partial charge on any atom is 0.328 e. The molecule has 0 bridgehead atoms. The maximum absolute atomic E-state index is 10.4. The van der Waals surface area contributed by atoms with Crippen molar-refractivity contribution in [2.75, 3.05) is 0 Å². The molecule has 0 saturated carbocycles. The van der Waals surface area contributed by atoms with Crippen molar-refractivity contribution in [2.45, 2.75) is 13.2 Å². The van der Waals surface area contributed by atoms with Crippen molar-refractivity contribution in [3.63, 3.8) is 0 Å². The van der Waals surface area contributed by atoms with Gasteiger partial charge >= 0.3 is 5.97 Å². The number of hydrogen-bond donors (Lipinski definition) is 2. The highest BCUT2D eigenvalue weighted by molar-refractivity contribution is 5.85. The molecule has 21 heavy (non-hydrogen) atoms. The molecule has 2 aromatic carbocycles. The van der Waals surface area contributed by atoms with Gasteiger partial charge in [-0.1, -0.05) is 36.4 Å². The van der Waals surface area contributed by atoms with Crippen molar-refractivity contribution in [3.8, 4) is 5.75 Å². The van der Waals surface area contributed by atoms with E-state index in [2.05, 4.69) is 0 Å². The summed E-state index contributed by atoms with van der Waals surface area (Å²) in [6.07, 6.45) is 2.64. The fraction of sp³-hybridized carbons (Fsp3) is 0.118. The van der Waals surface area contributed by atoms with Gasteiger partial charge in [0.05, 0.1) is 6.61 Å². The molecule has 4 nitrogen and oxygen atoms in total. The van der Waals surface area contributed by atoms with Crippen LogP contribution in [0.15, 0.2) is 54.6 Å². The Morgan fingerprint density at radius 2 is 1.86 bits per heavy atom. The number of carboxylic acid groups (broad SMARTS) is 1. The van der Waals surface area contributed by atoms with Gasteiger partial charge in [-0.15, -0.1) is 0 Å². The second-order valence-electron chi connectivity index (χ2n) is 4.51. The molecule has 2 N–H and O–H groups in total. The summed E-state index contributed by atoms with van der Waals surface area (Å²) in [6.45, 7) is 0.402. The van der Waals surface area contributed by atoms with Gasteiger partial charge in [0.25, 0.3) is 0 Å². The van der Waals surface area contributed by atoms with Gasteiger partial charge in [0, 0.05) is 6.08 Å². The predicted molar refractivity (Wildman–Crippen MR) is 79.8 cm³/mol. The van der Waals surface area contributed by atoms with E-state index >= 15 is 0 Å². The minimum atomic E-state index is -0.967. The Labute approximate surface area is 122 Å². The van der Waals surface area contributed by atoms with Gasteiger partial charge in [-0.2, -0.15) is 0 Å². The van der Waals surface area contributed by atoms with Gasteiger partial charge < -0.3 is 14.9 Å². The van der Waals surface area contributed by atoms with E-state index in [1.54, 1.807) is 6.07 Å². The van der Waals surface area contributed by atoms with Gasteiger partial charge in [-0.3, -0.25) is 0 Å². The van der Waals surface area contributed by atoms with Crippen LogP contribution in [0.5, 0.6) is 5.75 Å². The highest BCUT2D eigenvalue weighted by Crippen LogP contribution is 2.15. The summed E-state index contributed by atoms with van der Waals surface area (Å²) in [4.78, 5) is 10.4. The largest absolute Gasteiger partial charge is 0.489 e. The molecule has 0 aliphatic heterocycles. The number of hydrogen-bond acceptors (Lipinski definition) is 3. The number of carboxylic acids is 1. The van der Waals surface area contributed by atoms with E-state index in [9.17, 15) is 4.79 Å². The Bertz CT molecular complexity index is 629. The van der Waals surface area contributed by atoms with E-state index in [0.29, 0.717) is 12.4 Å². The number of carbonyl (C=O) groups is 1. The highest BCUT2D eigenvalue weighted by Gasteiger charge is 1.98. The summed E-state index contributed by atoms with van der Waals surface area (Å²) in [7, 11) is 0. The van der Waals surface area contributed by atoms with Gasteiger partial charge in [-0.25, -0.2) is 4.79 Å². The van der Waals surface area contributed by atoms with Crippen LogP contribution in [-0.2, 0) is 18.0 Å². The van der Waals surface area contributed by atoms with Crippen LogP contribution in [0.4, 0.5) is 0 Å². The molecular weight excluding hydrogens is 268 g/mol. The number of aliphatic hydroxyl groups excluding tert-OH is 1. The van der Waals surface area contributed by atoms with Crippen LogP contribution in [-0.4, -0.2) is 16.2 Å². The van der Waals surface area contributed by atoms with Crippen LogP contribution in [0.3, 0.4) is 0 Å². The first-order valence-corrected chi connectivity index (χ1v) is 6.50. The first-order valence-electron chi connectivity index (χ1n) is 6.50. The van der Waals surface area contributed by atoms with E-state index in [1.807, 2.05) is 42.5 Å². The number of rotatable bonds is 6. The summed E-state index contributed by atoms with van der Waals surface area (Å²) >= 11 is 0. The lowest BCUT2D eigenvalue weighted by atomic mass is 10.1. The second-order valence-corrected chi connectivity index (χ2v) is 4.51. The standard InChI is InChI=1S/C17H16O4/c18-11-15-2-1-3-16(10-15)21-12-14-6-4-13(5-7-14)8-9-17(19)20/h1-10,18H,11-12H2,(H,19,20). The fourth-order valence-electron chi connectivity index (χ4n) is 1.79. The molecule has 4 heteroatoms. The fourth-order valence-corrected chi connectivity index (χ4v) is 1.79. The zero-order chi connectivity index (χ0) is 15.1. The molecule has 0 aliphatic carbocycles. The third-order valence-electron chi connectivity index (χ3n) is 2.88. The molecule has 0 atom stereocenters. The zero-order valence-electron chi connectivity index (χ0n) is 11.4. The number of benzene rings is 2. The summed E-state index contributed by atoms with van der Waals surface area (Å²) in [5.41, 5.74) is 2.61. The third kappa shape index (κ3) is 4.78. The van der Waals surface area contributed by atoms with Crippen LogP contribution < -0.4 is 4.74 Å². The summed E-state index contributed by atoms with van der Waals surface area (Å²) in [5.74, 6) is -0.262. The molecule has 0 unspecified atom stereocenters. The van der Waals surface area contributed by atoms with E-state index in [0.717, 1.165) is 22.8 Å². The highest BCUT2D eigenvalue weighted by atomic mass is 16.5. The number of ether oxygens (including phenoxy) is 1. The lowest BCUT2D eigenvalue weighted by Gasteiger charge is -2.07.